The molecule has 0 atom stereocenters. The maximum atomic E-state index is 12.0. The number of likely N-dealkylation sites (N-methyl/N-ethyl adjacent to an activating group) is 1. The standard InChI is InChI=1S/C14H22N4O2S/c1-3-9(19)12-11(15)10(13(16)20)14(21-12)18-6-4-5-17(2)7-8-18/h3-8,15H2,1-2H3,(H2,16,20). The quantitative estimate of drug-likeness (QED) is 0.814. The summed E-state index contributed by atoms with van der Waals surface area (Å²) in [4.78, 5) is 28.6. The van der Waals surface area contributed by atoms with Crippen LogP contribution in [0.25, 0.3) is 0 Å². The van der Waals surface area contributed by atoms with Crippen molar-refractivity contribution in [3.8, 4) is 0 Å². The minimum Gasteiger partial charge on any atom is -0.397 e. The maximum absolute atomic E-state index is 12.0. The fourth-order valence-electron chi connectivity index (χ4n) is 2.51. The van der Waals surface area contributed by atoms with Gasteiger partial charge in [-0.2, -0.15) is 0 Å². The minimum atomic E-state index is -0.563. The lowest BCUT2D eigenvalue weighted by Gasteiger charge is -2.22. The van der Waals surface area contributed by atoms with E-state index in [1.54, 1.807) is 6.92 Å². The predicted octanol–water partition coefficient (Wildman–Crippen LogP) is 1.16. The summed E-state index contributed by atoms with van der Waals surface area (Å²) in [6, 6.07) is 0. The number of thiophene rings is 1. The Morgan fingerprint density at radius 2 is 1.95 bits per heavy atom. The van der Waals surface area contributed by atoms with Crippen LogP contribution in [0.4, 0.5) is 10.7 Å². The Morgan fingerprint density at radius 1 is 1.24 bits per heavy atom. The largest absolute Gasteiger partial charge is 0.397 e. The molecule has 21 heavy (non-hydrogen) atoms. The number of nitrogen functional groups attached to an aromatic ring is 1. The molecule has 1 aliphatic heterocycles. The van der Waals surface area contributed by atoms with Crippen LogP contribution in [-0.2, 0) is 0 Å². The van der Waals surface area contributed by atoms with Crippen molar-refractivity contribution < 1.29 is 9.59 Å². The molecular weight excluding hydrogens is 288 g/mol. The molecule has 0 aliphatic carbocycles. The molecule has 1 amide bonds. The molecule has 116 valence electrons. The third-order valence-corrected chi connectivity index (χ3v) is 5.06. The molecule has 0 aromatic carbocycles. The molecule has 0 unspecified atom stereocenters. The van der Waals surface area contributed by atoms with Gasteiger partial charge in [-0.15, -0.1) is 11.3 Å². The molecule has 0 radical (unpaired) electrons. The van der Waals surface area contributed by atoms with Crippen molar-refractivity contribution in [2.45, 2.75) is 19.8 Å². The highest BCUT2D eigenvalue weighted by Gasteiger charge is 2.27. The molecule has 1 aromatic rings. The number of anilines is 2. The SMILES string of the molecule is CCC(=O)c1sc(N2CCCN(C)CC2)c(C(N)=O)c1N. The second-order valence-electron chi connectivity index (χ2n) is 5.31. The average Bonchev–Trinajstić information content (AvgIpc) is 2.63. The zero-order valence-corrected chi connectivity index (χ0v) is 13.3. The van der Waals surface area contributed by atoms with E-state index in [2.05, 4.69) is 16.8 Å². The Labute approximate surface area is 128 Å². The summed E-state index contributed by atoms with van der Waals surface area (Å²) in [5.74, 6) is -0.607. The molecule has 4 N–H and O–H groups in total. The van der Waals surface area contributed by atoms with Crippen molar-refractivity contribution in [2.24, 2.45) is 5.73 Å². The fourth-order valence-corrected chi connectivity index (χ4v) is 3.80. The molecule has 1 aromatic heterocycles. The van der Waals surface area contributed by atoms with Gasteiger partial charge in [0.2, 0.25) is 0 Å². The maximum Gasteiger partial charge on any atom is 0.253 e. The molecule has 0 spiro atoms. The van der Waals surface area contributed by atoms with E-state index in [1.165, 1.54) is 11.3 Å². The van der Waals surface area contributed by atoms with E-state index in [1.807, 2.05) is 0 Å². The Hall–Kier alpha value is -1.60. The molecule has 2 rings (SSSR count). The predicted molar refractivity (Wildman–Crippen MR) is 86.2 cm³/mol. The van der Waals surface area contributed by atoms with Crippen LogP contribution in [0.3, 0.4) is 0 Å². The third kappa shape index (κ3) is 3.19. The van der Waals surface area contributed by atoms with Gasteiger partial charge in [-0.25, -0.2) is 0 Å². The molecule has 6 nitrogen and oxygen atoms in total. The van der Waals surface area contributed by atoms with E-state index in [-0.39, 0.29) is 11.5 Å². The van der Waals surface area contributed by atoms with Gasteiger partial charge in [0.1, 0.15) is 5.00 Å². The van der Waals surface area contributed by atoms with Gasteiger partial charge in [0.15, 0.2) is 5.78 Å². The monoisotopic (exact) mass is 310 g/mol. The van der Waals surface area contributed by atoms with Crippen LogP contribution in [-0.4, -0.2) is 49.8 Å². The van der Waals surface area contributed by atoms with Crippen LogP contribution in [0.1, 0.15) is 39.8 Å². The first-order chi connectivity index (χ1) is 9.95. The number of ketones is 1. The summed E-state index contributed by atoms with van der Waals surface area (Å²) in [6.07, 6.45) is 1.37. The average molecular weight is 310 g/mol. The summed E-state index contributed by atoms with van der Waals surface area (Å²) in [7, 11) is 2.08. The van der Waals surface area contributed by atoms with Gasteiger partial charge in [-0.05, 0) is 20.0 Å². The molecule has 0 saturated carbocycles. The number of Topliss-reactive ketones (excluding diaryl/α,β-unsaturated/α-hetero) is 1. The van der Waals surface area contributed by atoms with E-state index in [0.717, 1.165) is 37.6 Å². The molecule has 2 heterocycles. The van der Waals surface area contributed by atoms with Gasteiger partial charge in [-0.3, -0.25) is 9.59 Å². The number of hydrogen-bond acceptors (Lipinski definition) is 6. The summed E-state index contributed by atoms with van der Waals surface area (Å²) in [5.41, 5.74) is 12.0. The van der Waals surface area contributed by atoms with E-state index in [4.69, 9.17) is 11.5 Å². The zero-order chi connectivity index (χ0) is 15.6. The van der Waals surface area contributed by atoms with Crippen LogP contribution in [0.15, 0.2) is 0 Å². The smallest absolute Gasteiger partial charge is 0.253 e. The van der Waals surface area contributed by atoms with Crippen molar-refractivity contribution in [1.29, 1.82) is 0 Å². The van der Waals surface area contributed by atoms with Gasteiger partial charge in [0.25, 0.3) is 5.91 Å². The fraction of sp³-hybridized carbons (Fsp3) is 0.571. The van der Waals surface area contributed by atoms with Crippen LogP contribution >= 0.6 is 11.3 Å². The summed E-state index contributed by atoms with van der Waals surface area (Å²) in [5, 5.41) is 0.743. The Morgan fingerprint density at radius 3 is 2.57 bits per heavy atom. The van der Waals surface area contributed by atoms with Crippen LogP contribution in [0.2, 0.25) is 0 Å². The number of carbonyl (C=O) groups excluding carboxylic acids is 2. The number of amides is 1. The highest BCUT2D eigenvalue weighted by atomic mass is 32.1. The van der Waals surface area contributed by atoms with Crippen molar-refractivity contribution >= 4 is 33.7 Å². The summed E-state index contributed by atoms with van der Waals surface area (Å²) in [6.45, 7) is 5.35. The number of hydrogen-bond donors (Lipinski definition) is 2. The van der Waals surface area contributed by atoms with Crippen molar-refractivity contribution in [3.05, 3.63) is 10.4 Å². The lowest BCUT2D eigenvalue weighted by Crippen LogP contribution is -2.29. The van der Waals surface area contributed by atoms with E-state index >= 15 is 0 Å². The van der Waals surface area contributed by atoms with Gasteiger partial charge in [0.05, 0.1) is 16.1 Å². The van der Waals surface area contributed by atoms with Gasteiger partial charge in [0, 0.05) is 26.1 Å². The van der Waals surface area contributed by atoms with Crippen molar-refractivity contribution in [1.82, 2.24) is 4.90 Å². The Balaban J connectivity index is 2.42. The van der Waals surface area contributed by atoms with Gasteiger partial charge < -0.3 is 21.3 Å². The van der Waals surface area contributed by atoms with Crippen LogP contribution < -0.4 is 16.4 Å². The number of primary amides is 1. The topological polar surface area (TPSA) is 92.7 Å². The van der Waals surface area contributed by atoms with Crippen LogP contribution in [0.5, 0.6) is 0 Å². The van der Waals surface area contributed by atoms with E-state index in [0.29, 0.717) is 16.9 Å². The first kappa shape index (κ1) is 15.8. The second kappa shape index (κ2) is 6.44. The summed E-state index contributed by atoms with van der Waals surface area (Å²) >= 11 is 1.30. The van der Waals surface area contributed by atoms with Gasteiger partial charge >= 0.3 is 0 Å². The minimum absolute atomic E-state index is 0.0433. The first-order valence-electron chi connectivity index (χ1n) is 7.14. The number of rotatable bonds is 4. The summed E-state index contributed by atoms with van der Waals surface area (Å²) < 4.78 is 0. The highest BCUT2D eigenvalue weighted by Crippen LogP contribution is 2.39. The number of carbonyl (C=O) groups is 2. The van der Waals surface area contributed by atoms with Gasteiger partial charge in [-0.1, -0.05) is 6.92 Å². The normalized spacial score (nSPS) is 16.8. The Kier molecular flexibility index (Phi) is 4.84. The lowest BCUT2D eigenvalue weighted by atomic mass is 10.1. The number of nitrogens with two attached hydrogens (primary N) is 2. The van der Waals surface area contributed by atoms with Crippen molar-refractivity contribution in [2.75, 3.05) is 43.9 Å². The second-order valence-corrected chi connectivity index (χ2v) is 6.31. The first-order valence-corrected chi connectivity index (χ1v) is 7.96. The van der Waals surface area contributed by atoms with Crippen molar-refractivity contribution in [3.63, 3.8) is 0 Å². The lowest BCUT2D eigenvalue weighted by molar-refractivity contribution is 0.0991. The molecule has 1 saturated heterocycles. The third-order valence-electron chi connectivity index (χ3n) is 3.75. The number of nitrogens with zero attached hydrogens (tertiary/aromatic N) is 2. The van der Waals surface area contributed by atoms with E-state index < -0.39 is 5.91 Å². The zero-order valence-electron chi connectivity index (χ0n) is 12.5. The molecule has 1 aliphatic rings. The van der Waals surface area contributed by atoms with Crippen LogP contribution in [0, 0.1) is 0 Å². The highest BCUT2D eigenvalue weighted by molar-refractivity contribution is 7.19. The molecule has 1 fully saturated rings. The molecule has 0 bridgehead atoms. The molecular formula is C14H22N4O2S. The van der Waals surface area contributed by atoms with E-state index in [9.17, 15) is 9.59 Å². The molecule has 7 heteroatoms. The Bertz CT molecular complexity index is 555.